The average Bonchev–Trinajstić information content (AvgIpc) is 2.31. The van der Waals surface area contributed by atoms with Crippen LogP contribution in [0.4, 0.5) is 11.4 Å². The topological polar surface area (TPSA) is 58.4 Å². The zero-order chi connectivity index (χ0) is 14.4. The number of nitrogens with one attached hydrogen (secondary N) is 1. The van der Waals surface area contributed by atoms with Crippen molar-refractivity contribution in [3.8, 4) is 0 Å². The molecule has 0 aliphatic rings. The molecule has 1 aromatic carbocycles. The summed E-state index contributed by atoms with van der Waals surface area (Å²) in [6, 6.07) is 5.04. The molecular formula is C14H22ClN3O. The molecule has 0 aromatic heterocycles. The number of benzene rings is 1. The molecule has 3 N–H and O–H groups in total. The van der Waals surface area contributed by atoms with Crippen LogP contribution >= 0.6 is 11.6 Å². The molecule has 0 spiro atoms. The first-order valence-electron chi connectivity index (χ1n) is 6.42. The Kier molecular flexibility index (Phi) is 6.12. The van der Waals surface area contributed by atoms with Crippen LogP contribution in [0, 0.1) is 5.92 Å². The summed E-state index contributed by atoms with van der Waals surface area (Å²) in [5.74, 6) is 0.549. The van der Waals surface area contributed by atoms with E-state index in [1.807, 2.05) is 11.9 Å². The summed E-state index contributed by atoms with van der Waals surface area (Å²) in [5, 5.41) is 3.27. The minimum atomic E-state index is -0.0845. The van der Waals surface area contributed by atoms with Gasteiger partial charge in [-0.3, -0.25) is 9.69 Å². The van der Waals surface area contributed by atoms with Crippen LogP contribution < -0.4 is 11.1 Å². The molecule has 0 unspecified atom stereocenters. The number of amides is 1. The highest BCUT2D eigenvalue weighted by molar-refractivity contribution is 6.33. The zero-order valence-corrected chi connectivity index (χ0v) is 12.5. The van der Waals surface area contributed by atoms with E-state index in [1.165, 1.54) is 0 Å². The predicted octanol–water partition coefficient (Wildman–Crippen LogP) is 2.84. The van der Waals surface area contributed by atoms with Crippen LogP contribution in [-0.2, 0) is 4.79 Å². The van der Waals surface area contributed by atoms with E-state index in [0.717, 1.165) is 13.0 Å². The second-order valence-electron chi connectivity index (χ2n) is 5.21. The van der Waals surface area contributed by atoms with E-state index >= 15 is 0 Å². The Hall–Kier alpha value is -1.26. The van der Waals surface area contributed by atoms with E-state index in [1.54, 1.807) is 18.2 Å². The van der Waals surface area contributed by atoms with E-state index in [2.05, 4.69) is 19.2 Å². The maximum Gasteiger partial charge on any atom is 0.238 e. The van der Waals surface area contributed by atoms with Gasteiger partial charge in [0.25, 0.3) is 0 Å². The standard InChI is InChI=1S/C14H22ClN3O/c1-10(2)6-7-18(3)9-14(19)17-13-8-11(16)4-5-12(13)15/h4-5,8,10H,6-7,9,16H2,1-3H3,(H,17,19). The number of halogens is 1. The van der Waals surface area contributed by atoms with Crippen molar-refractivity contribution in [2.45, 2.75) is 20.3 Å². The Balaban J connectivity index is 2.48. The van der Waals surface area contributed by atoms with E-state index in [9.17, 15) is 4.79 Å². The van der Waals surface area contributed by atoms with Crippen LogP contribution in [0.5, 0.6) is 0 Å². The summed E-state index contributed by atoms with van der Waals surface area (Å²) in [7, 11) is 1.93. The van der Waals surface area contributed by atoms with Crippen LogP contribution in [0.1, 0.15) is 20.3 Å². The monoisotopic (exact) mass is 283 g/mol. The first-order chi connectivity index (χ1) is 8.88. The minimum absolute atomic E-state index is 0.0845. The van der Waals surface area contributed by atoms with Crippen molar-refractivity contribution in [2.75, 3.05) is 31.2 Å². The van der Waals surface area contributed by atoms with E-state index in [4.69, 9.17) is 17.3 Å². The molecule has 0 aliphatic carbocycles. The van der Waals surface area contributed by atoms with Crippen molar-refractivity contribution in [1.82, 2.24) is 4.90 Å². The molecule has 5 heteroatoms. The van der Waals surface area contributed by atoms with Crippen LogP contribution in [0.3, 0.4) is 0 Å². The molecule has 0 heterocycles. The van der Waals surface area contributed by atoms with Gasteiger partial charge in [0.2, 0.25) is 5.91 Å². The second kappa shape index (κ2) is 7.36. The van der Waals surface area contributed by atoms with Gasteiger partial charge >= 0.3 is 0 Å². The summed E-state index contributed by atoms with van der Waals surface area (Å²) >= 11 is 6.00. The van der Waals surface area contributed by atoms with Crippen molar-refractivity contribution < 1.29 is 4.79 Å². The molecule has 0 atom stereocenters. The van der Waals surface area contributed by atoms with Crippen LogP contribution in [0.25, 0.3) is 0 Å². The molecule has 0 fully saturated rings. The fraction of sp³-hybridized carbons (Fsp3) is 0.500. The lowest BCUT2D eigenvalue weighted by Crippen LogP contribution is -2.31. The number of likely N-dealkylation sites (N-methyl/N-ethyl adjacent to an activating group) is 1. The van der Waals surface area contributed by atoms with Crippen LogP contribution in [0.15, 0.2) is 18.2 Å². The fourth-order valence-electron chi connectivity index (χ4n) is 1.63. The summed E-state index contributed by atoms with van der Waals surface area (Å²) in [5.41, 5.74) is 6.80. The molecular weight excluding hydrogens is 262 g/mol. The van der Waals surface area contributed by atoms with Gasteiger partial charge in [0.05, 0.1) is 17.3 Å². The Bertz CT molecular complexity index is 435. The smallest absolute Gasteiger partial charge is 0.238 e. The number of carbonyl (C=O) groups excluding carboxylic acids is 1. The van der Waals surface area contributed by atoms with Gasteiger partial charge in [-0.05, 0) is 44.1 Å². The third-order valence-corrected chi connectivity index (χ3v) is 3.10. The summed E-state index contributed by atoms with van der Waals surface area (Å²) in [4.78, 5) is 13.9. The molecule has 0 saturated carbocycles. The Morgan fingerprint density at radius 1 is 1.47 bits per heavy atom. The molecule has 1 amide bonds. The lowest BCUT2D eigenvalue weighted by Gasteiger charge is -2.17. The quantitative estimate of drug-likeness (QED) is 0.789. The number of nitrogens with zero attached hydrogens (tertiary/aromatic N) is 1. The van der Waals surface area contributed by atoms with Gasteiger partial charge in [-0.25, -0.2) is 0 Å². The van der Waals surface area contributed by atoms with Gasteiger partial charge < -0.3 is 11.1 Å². The summed E-state index contributed by atoms with van der Waals surface area (Å²) < 4.78 is 0. The number of nitrogens with two attached hydrogens (primary N) is 1. The average molecular weight is 284 g/mol. The van der Waals surface area contributed by atoms with E-state index in [-0.39, 0.29) is 5.91 Å². The van der Waals surface area contributed by atoms with Crippen molar-refractivity contribution in [2.24, 2.45) is 5.92 Å². The van der Waals surface area contributed by atoms with Crippen LogP contribution in [0.2, 0.25) is 5.02 Å². The van der Waals surface area contributed by atoms with Gasteiger partial charge in [-0.2, -0.15) is 0 Å². The zero-order valence-electron chi connectivity index (χ0n) is 11.7. The molecule has 0 bridgehead atoms. The molecule has 1 aromatic rings. The lowest BCUT2D eigenvalue weighted by molar-refractivity contribution is -0.117. The van der Waals surface area contributed by atoms with Crippen molar-refractivity contribution in [3.63, 3.8) is 0 Å². The highest BCUT2D eigenvalue weighted by Crippen LogP contribution is 2.23. The molecule has 19 heavy (non-hydrogen) atoms. The first kappa shape index (κ1) is 15.8. The number of nitrogen functional groups attached to an aromatic ring is 1. The fourth-order valence-corrected chi connectivity index (χ4v) is 1.80. The maximum atomic E-state index is 11.9. The largest absolute Gasteiger partial charge is 0.399 e. The lowest BCUT2D eigenvalue weighted by atomic mass is 10.1. The summed E-state index contributed by atoms with van der Waals surface area (Å²) in [6.07, 6.45) is 1.07. The maximum absolute atomic E-state index is 11.9. The second-order valence-corrected chi connectivity index (χ2v) is 5.61. The molecule has 4 nitrogen and oxygen atoms in total. The highest BCUT2D eigenvalue weighted by Gasteiger charge is 2.09. The molecule has 0 radical (unpaired) electrons. The number of anilines is 2. The number of hydrogen-bond acceptors (Lipinski definition) is 3. The minimum Gasteiger partial charge on any atom is -0.399 e. The number of carbonyl (C=O) groups is 1. The molecule has 1 rings (SSSR count). The highest BCUT2D eigenvalue weighted by atomic mass is 35.5. The predicted molar refractivity (Wildman–Crippen MR) is 81.4 cm³/mol. The van der Waals surface area contributed by atoms with Gasteiger partial charge in [0.1, 0.15) is 0 Å². The Morgan fingerprint density at radius 3 is 2.79 bits per heavy atom. The van der Waals surface area contributed by atoms with Gasteiger partial charge in [0.15, 0.2) is 0 Å². The van der Waals surface area contributed by atoms with Crippen molar-refractivity contribution in [1.29, 1.82) is 0 Å². The third kappa shape index (κ3) is 5.94. The van der Waals surface area contributed by atoms with Crippen LogP contribution in [-0.4, -0.2) is 30.9 Å². The van der Waals surface area contributed by atoms with Crippen molar-refractivity contribution >= 4 is 28.9 Å². The van der Waals surface area contributed by atoms with E-state index in [0.29, 0.717) is 28.9 Å². The first-order valence-corrected chi connectivity index (χ1v) is 6.79. The van der Waals surface area contributed by atoms with Gasteiger partial charge in [-0.15, -0.1) is 0 Å². The molecule has 0 aliphatic heterocycles. The Labute approximate surface area is 119 Å². The number of rotatable bonds is 6. The normalized spacial score (nSPS) is 11.1. The van der Waals surface area contributed by atoms with E-state index < -0.39 is 0 Å². The molecule has 106 valence electrons. The third-order valence-electron chi connectivity index (χ3n) is 2.77. The van der Waals surface area contributed by atoms with Crippen molar-refractivity contribution in [3.05, 3.63) is 23.2 Å². The number of hydrogen-bond donors (Lipinski definition) is 2. The SMILES string of the molecule is CC(C)CCN(C)CC(=O)Nc1cc(N)ccc1Cl. The molecule has 0 saturated heterocycles. The Morgan fingerprint density at radius 2 is 2.16 bits per heavy atom. The van der Waals surface area contributed by atoms with Gasteiger partial charge in [-0.1, -0.05) is 25.4 Å². The van der Waals surface area contributed by atoms with Gasteiger partial charge in [0, 0.05) is 5.69 Å². The summed E-state index contributed by atoms with van der Waals surface area (Å²) in [6.45, 7) is 5.58.